The topological polar surface area (TPSA) is 59.4 Å². The summed E-state index contributed by atoms with van der Waals surface area (Å²) in [5.74, 6) is -0.488. The van der Waals surface area contributed by atoms with Crippen molar-refractivity contribution < 1.29 is 14.6 Å². The van der Waals surface area contributed by atoms with Crippen LogP contribution in [0, 0.1) is 5.41 Å². The number of ether oxygens (including phenoxy) is 1. The molecule has 1 aromatic heterocycles. The van der Waals surface area contributed by atoms with Crippen molar-refractivity contribution >= 4 is 5.97 Å². The van der Waals surface area contributed by atoms with E-state index in [1.54, 1.807) is 0 Å². The van der Waals surface area contributed by atoms with Crippen LogP contribution in [0.3, 0.4) is 0 Å². The minimum absolute atomic E-state index is 0.147. The van der Waals surface area contributed by atoms with Gasteiger partial charge in [-0.1, -0.05) is 20.8 Å². The van der Waals surface area contributed by atoms with Crippen molar-refractivity contribution in [1.82, 2.24) is 4.98 Å². The van der Waals surface area contributed by atoms with Gasteiger partial charge in [0.1, 0.15) is 5.75 Å². The zero-order chi connectivity index (χ0) is 12.2. The highest BCUT2D eigenvalue weighted by molar-refractivity contribution is 5.87. The fraction of sp³-hybridized carbons (Fsp3) is 0.500. The Morgan fingerprint density at radius 2 is 2.12 bits per heavy atom. The van der Waals surface area contributed by atoms with Gasteiger partial charge in [0.15, 0.2) is 0 Å². The number of rotatable bonds is 4. The van der Waals surface area contributed by atoms with Gasteiger partial charge in [-0.25, -0.2) is 4.79 Å². The third-order valence-electron chi connectivity index (χ3n) is 2.08. The van der Waals surface area contributed by atoms with Gasteiger partial charge in [0.25, 0.3) is 0 Å². The lowest BCUT2D eigenvalue weighted by molar-refractivity contribution is 0.0695. The van der Waals surface area contributed by atoms with Crippen LogP contribution in [0.4, 0.5) is 0 Å². The molecule has 0 radical (unpaired) electrons. The zero-order valence-corrected chi connectivity index (χ0v) is 9.86. The average molecular weight is 223 g/mol. The molecule has 1 rings (SSSR count). The summed E-state index contributed by atoms with van der Waals surface area (Å²) in [6.45, 7) is 6.95. The minimum atomic E-state index is -0.992. The predicted octanol–water partition coefficient (Wildman–Crippen LogP) is 2.59. The Morgan fingerprint density at radius 3 is 2.69 bits per heavy atom. The Morgan fingerprint density at radius 1 is 1.44 bits per heavy atom. The van der Waals surface area contributed by atoms with Gasteiger partial charge >= 0.3 is 5.97 Å². The summed E-state index contributed by atoms with van der Waals surface area (Å²) >= 11 is 0. The maximum Gasteiger partial charge on any atom is 0.337 e. The maximum atomic E-state index is 10.7. The van der Waals surface area contributed by atoms with E-state index in [0.717, 1.165) is 6.42 Å². The van der Waals surface area contributed by atoms with E-state index in [2.05, 4.69) is 25.8 Å². The molecule has 0 bridgehead atoms. The Balaban J connectivity index is 2.55. The second-order valence-corrected chi connectivity index (χ2v) is 4.87. The van der Waals surface area contributed by atoms with Crippen molar-refractivity contribution in [2.45, 2.75) is 27.2 Å². The highest BCUT2D eigenvalue weighted by Gasteiger charge is 2.10. The summed E-state index contributed by atoms with van der Waals surface area (Å²) in [5.41, 5.74) is 0.353. The van der Waals surface area contributed by atoms with Crippen LogP contribution < -0.4 is 4.74 Å². The quantitative estimate of drug-likeness (QED) is 0.852. The van der Waals surface area contributed by atoms with E-state index in [-0.39, 0.29) is 11.0 Å². The number of hydrogen-bond donors (Lipinski definition) is 1. The van der Waals surface area contributed by atoms with Crippen LogP contribution >= 0.6 is 0 Å². The molecule has 4 heteroatoms. The van der Waals surface area contributed by atoms with E-state index in [1.807, 2.05) is 0 Å². The Hall–Kier alpha value is -1.58. The van der Waals surface area contributed by atoms with Gasteiger partial charge < -0.3 is 9.84 Å². The first kappa shape index (κ1) is 12.5. The van der Waals surface area contributed by atoms with Gasteiger partial charge in [-0.15, -0.1) is 0 Å². The van der Waals surface area contributed by atoms with Crippen molar-refractivity contribution in [3.63, 3.8) is 0 Å². The summed E-state index contributed by atoms with van der Waals surface area (Å²) < 4.78 is 5.45. The number of nitrogens with zero attached hydrogens (tertiary/aromatic N) is 1. The molecule has 0 aromatic carbocycles. The van der Waals surface area contributed by atoms with Gasteiger partial charge in [0.2, 0.25) is 0 Å². The fourth-order valence-electron chi connectivity index (χ4n) is 1.09. The zero-order valence-electron chi connectivity index (χ0n) is 9.86. The van der Waals surface area contributed by atoms with Crippen molar-refractivity contribution in [3.05, 3.63) is 24.0 Å². The molecule has 0 amide bonds. The fourth-order valence-corrected chi connectivity index (χ4v) is 1.09. The largest absolute Gasteiger partial charge is 0.492 e. The summed E-state index contributed by atoms with van der Waals surface area (Å²) in [7, 11) is 0. The number of carboxylic acid groups (broad SMARTS) is 1. The third-order valence-corrected chi connectivity index (χ3v) is 2.08. The Kier molecular flexibility index (Phi) is 3.88. The summed E-state index contributed by atoms with van der Waals surface area (Å²) in [6, 6.07) is 1.48. The standard InChI is InChI=1S/C12H17NO3/c1-12(2,3)4-5-16-10-6-9(11(14)15)7-13-8-10/h6-8H,4-5H2,1-3H3,(H,14,15). The maximum absolute atomic E-state index is 10.7. The number of carbonyl (C=O) groups is 1. The number of aromatic carboxylic acids is 1. The van der Waals surface area contributed by atoms with E-state index in [9.17, 15) is 4.79 Å². The third kappa shape index (κ3) is 4.29. The predicted molar refractivity (Wildman–Crippen MR) is 60.8 cm³/mol. The van der Waals surface area contributed by atoms with Crippen molar-refractivity contribution in [2.75, 3.05) is 6.61 Å². The molecule has 1 heterocycles. The highest BCUT2D eigenvalue weighted by Crippen LogP contribution is 2.19. The van der Waals surface area contributed by atoms with Crippen LogP contribution in [-0.2, 0) is 0 Å². The van der Waals surface area contributed by atoms with Crippen LogP contribution in [0.2, 0.25) is 0 Å². The first-order valence-corrected chi connectivity index (χ1v) is 5.20. The normalized spacial score (nSPS) is 11.2. The molecule has 0 aliphatic rings. The molecule has 0 unspecified atom stereocenters. The number of aromatic nitrogens is 1. The van der Waals surface area contributed by atoms with Crippen molar-refractivity contribution in [2.24, 2.45) is 5.41 Å². The van der Waals surface area contributed by atoms with Gasteiger partial charge in [-0.2, -0.15) is 0 Å². The first-order chi connectivity index (χ1) is 7.38. The highest BCUT2D eigenvalue weighted by atomic mass is 16.5. The molecule has 0 saturated heterocycles. The molecule has 1 N–H and O–H groups in total. The van der Waals surface area contributed by atoms with Gasteiger partial charge in [-0.05, 0) is 17.9 Å². The minimum Gasteiger partial charge on any atom is -0.492 e. The Bertz CT molecular complexity index is 369. The van der Waals surface area contributed by atoms with E-state index in [0.29, 0.717) is 12.4 Å². The van der Waals surface area contributed by atoms with Gasteiger partial charge in [0, 0.05) is 6.20 Å². The van der Waals surface area contributed by atoms with Crippen LogP contribution in [0.25, 0.3) is 0 Å². The Labute approximate surface area is 95.3 Å². The average Bonchev–Trinajstić information content (AvgIpc) is 2.16. The van der Waals surface area contributed by atoms with Gasteiger partial charge in [0.05, 0.1) is 18.4 Å². The molecule has 0 spiro atoms. The van der Waals surface area contributed by atoms with E-state index >= 15 is 0 Å². The van der Waals surface area contributed by atoms with E-state index < -0.39 is 5.97 Å². The van der Waals surface area contributed by atoms with Crippen LogP contribution in [0.15, 0.2) is 18.5 Å². The SMILES string of the molecule is CC(C)(C)CCOc1cncc(C(=O)O)c1. The monoisotopic (exact) mass is 223 g/mol. The van der Waals surface area contributed by atoms with Gasteiger partial charge in [-0.3, -0.25) is 4.98 Å². The van der Waals surface area contributed by atoms with E-state index in [4.69, 9.17) is 9.84 Å². The molecular formula is C12H17NO3. The molecule has 0 aliphatic carbocycles. The molecule has 16 heavy (non-hydrogen) atoms. The molecule has 0 atom stereocenters. The summed E-state index contributed by atoms with van der Waals surface area (Å²) in [6.07, 6.45) is 3.73. The van der Waals surface area contributed by atoms with Crippen LogP contribution in [0.5, 0.6) is 5.75 Å². The molecular weight excluding hydrogens is 206 g/mol. The molecule has 0 aliphatic heterocycles. The summed E-state index contributed by atoms with van der Waals surface area (Å²) in [4.78, 5) is 14.5. The smallest absolute Gasteiger partial charge is 0.337 e. The first-order valence-electron chi connectivity index (χ1n) is 5.20. The number of carboxylic acids is 1. The second-order valence-electron chi connectivity index (χ2n) is 4.87. The molecule has 0 fully saturated rings. The lowest BCUT2D eigenvalue weighted by atomic mass is 9.93. The van der Waals surface area contributed by atoms with Crippen LogP contribution in [-0.4, -0.2) is 22.7 Å². The molecule has 0 saturated carbocycles. The lowest BCUT2D eigenvalue weighted by Crippen LogP contribution is -2.11. The molecule has 4 nitrogen and oxygen atoms in total. The van der Waals surface area contributed by atoms with Crippen LogP contribution in [0.1, 0.15) is 37.6 Å². The molecule has 88 valence electrons. The van der Waals surface area contributed by atoms with Crippen molar-refractivity contribution in [3.8, 4) is 5.75 Å². The van der Waals surface area contributed by atoms with E-state index in [1.165, 1.54) is 18.5 Å². The second kappa shape index (κ2) is 4.96. The lowest BCUT2D eigenvalue weighted by Gasteiger charge is -2.17. The number of hydrogen-bond acceptors (Lipinski definition) is 3. The molecule has 1 aromatic rings. The number of pyridine rings is 1. The van der Waals surface area contributed by atoms with Crippen molar-refractivity contribution in [1.29, 1.82) is 0 Å². The summed E-state index contributed by atoms with van der Waals surface area (Å²) in [5, 5.41) is 8.77.